The zero-order valence-electron chi connectivity index (χ0n) is 14.0. The Morgan fingerprint density at radius 3 is 2.46 bits per heavy atom. The number of esters is 1. The van der Waals surface area contributed by atoms with Gasteiger partial charge in [-0.05, 0) is 18.6 Å². The van der Waals surface area contributed by atoms with E-state index in [1.807, 2.05) is 0 Å². The van der Waals surface area contributed by atoms with Crippen LogP contribution >= 0.6 is 0 Å². The van der Waals surface area contributed by atoms with Gasteiger partial charge in [-0.15, -0.1) is 0 Å². The first kappa shape index (κ1) is 20.2. The first-order valence-corrected chi connectivity index (χ1v) is 8.00. The number of aromatic hydroxyl groups is 2. The molecule has 1 aliphatic rings. The molecule has 0 radical (unpaired) electrons. The molecule has 6 N–H and O–H groups in total. The highest BCUT2D eigenvalue weighted by molar-refractivity contribution is 5.91. The van der Waals surface area contributed by atoms with E-state index in [4.69, 9.17) is 19.3 Å². The maximum Gasteiger partial charge on any atom is 0.338 e. The summed E-state index contributed by atoms with van der Waals surface area (Å²) in [5, 5.41) is 58.3. The van der Waals surface area contributed by atoms with Crippen LogP contribution < -0.4 is 4.74 Å². The molecule has 1 aliphatic heterocycles. The van der Waals surface area contributed by atoms with Crippen LogP contribution in [0.3, 0.4) is 0 Å². The molecular weight excluding hydrogens is 352 g/mol. The smallest absolute Gasteiger partial charge is 0.338 e. The minimum atomic E-state index is -1.72. The number of carbonyl (C=O) groups is 1. The van der Waals surface area contributed by atoms with Crippen molar-refractivity contribution in [2.75, 3.05) is 13.2 Å². The topological polar surface area (TPSA) is 166 Å². The minimum Gasteiger partial charge on any atom is -0.504 e. The lowest BCUT2D eigenvalue weighted by atomic mass is 9.99. The fourth-order valence-electron chi connectivity index (χ4n) is 2.37. The third-order valence-electron chi connectivity index (χ3n) is 3.82. The molecule has 0 unspecified atom stereocenters. The molecule has 1 aromatic rings. The van der Waals surface area contributed by atoms with Gasteiger partial charge in [0.25, 0.3) is 0 Å². The fraction of sp³-hybridized carbons (Fsp3) is 0.562. The van der Waals surface area contributed by atoms with E-state index < -0.39 is 60.5 Å². The van der Waals surface area contributed by atoms with Gasteiger partial charge >= 0.3 is 5.97 Å². The van der Waals surface area contributed by atoms with Crippen molar-refractivity contribution in [3.63, 3.8) is 0 Å². The van der Waals surface area contributed by atoms with Crippen molar-refractivity contribution in [1.82, 2.24) is 0 Å². The number of phenolic OH excluding ortho intramolecular Hbond substituents is 2. The molecule has 0 spiro atoms. The Hall–Kier alpha value is -2.11. The number of phenols is 2. The summed E-state index contributed by atoms with van der Waals surface area (Å²) < 4.78 is 15.3. The second-order valence-corrected chi connectivity index (χ2v) is 5.79. The average molecular weight is 374 g/mol. The van der Waals surface area contributed by atoms with Gasteiger partial charge in [-0.2, -0.15) is 0 Å². The molecule has 1 heterocycles. The molecule has 1 fully saturated rings. The summed E-state index contributed by atoms with van der Waals surface area (Å²) in [4.78, 5) is 11.9. The maximum atomic E-state index is 11.9. The van der Waals surface area contributed by atoms with E-state index in [0.717, 1.165) is 12.1 Å². The van der Waals surface area contributed by atoms with Crippen LogP contribution in [0.1, 0.15) is 23.7 Å². The van der Waals surface area contributed by atoms with Crippen LogP contribution in [0.25, 0.3) is 0 Å². The lowest BCUT2D eigenvalue weighted by molar-refractivity contribution is -0.277. The number of rotatable bonds is 6. The van der Waals surface area contributed by atoms with E-state index in [0.29, 0.717) is 6.42 Å². The number of hydrogen-bond acceptors (Lipinski definition) is 10. The fourth-order valence-corrected chi connectivity index (χ4v) is 2.37. The largest absolute Gasteiger partial charge is 0.504 e. The van der Waals surface area contributed by atoms with Crippen LogP contribution in [0.4, 0.5) is 0 Å². The predicted octanol–water partition coefficient (Wildman–Crippen LogP) is -1.16. The first-order chi connectivity index (χ1) is 12.3. The molecule has 1 aromatic carbocycles. The van der Waals surface area contributed by atoms with Crippen molar-refractivity contribution in [1.29, 1.82) is 0 Å². The van der Waals surface area contributed by atoms with Crippen LogP contribution in [-0.2, 0) is 9.47 Å². The third-order valence-corrected chi connectivity index (χ3v) is 3.82. The monoisotopic (exact) mass is 374 g/mol. The number of ether oxygens (including phenoxy) is 3. The molecule has 2 rings (SSSR count). The van der Waals surface area contributed by atoms with Crippen LogP contribution in [0, 0.1) is 0 Å². The molecule has 0 aromatic heterocycles. The van der Waals surface area contributed by atoms with Gasteiger partial charge in [-0.1, -0.05) is 6.92 Å². The molecule has 10 heteroatoms. The number of aliphatic hydroxyl groups is 4. The van der Waals surface area contributed by atoms with Crippen LogP contribution in [0.5, 0.6) is 17.2 Å². The second-order valence-electron chi connectivity index (χ2n) is 5.79. The highest BCUT2D eigenvalue weighted by atomic mass is 16.7. The molecule has 146 valence electrons. The molecule has 26 heavy (non-hydrogen) atoms. The molecule has 0 aliphatic carbocycles. The molecule has 0 saturated carbocycles. The Morgan fingerprint density at radius 2 is 1.85 bits per heavy atom. The van der Waals surface area contributed by atoms with Crippen molar-refractivity contribution < 1.29 is 49.6 Å². The molecule has 1 saturated heterocycles. The Labute approximate surface area is 148 Å². The van der Waals surface area contributed by atoms with E-state index >= 15 is 0 Å². The summed E-state index contributed by atoms with van der Waals surface area (Å²) in [7, 11) is 0. The standard InChI is InChI=1S/C16H22O10/c1-2-3-24-15(23)7-4-8(18)11(19)9(5-7)25-16-14(22)13(21)12(20)10(6-17)26-16/h4-5,10,12-14,16-22H,2-3,6H2,1H3/t10-,12-,13+,14-,16+/m1/s1. The maximum absolute atomic E-state index is 11.9. The minimum absolute atomic E-state index is 0.117. The second kappa shape index (κ2) is 8.52. The van der Waals surface area contributed by atoms with Crippen molar-refractivity contribution in [3.05, 3.63) is 17.7 Å². The van der Waals surface area contributed by atoms with Crippen molar-refractivity contribution >= 4 is 5.97 Å². The zero-order chi connectivity index (χ0) is 19.4. The van der Waals surface area contributed by atoms with Crippen LogP contribution in [0.2, 0.25) is 0 Å². The zero-order valence-corrected chi connectivity index (χ0v) is 14.0. The van der Waals surface area contributed by atoms with Crippen LogP contribution in [-0.4, -0.2) is 80.5 Å². The van der Waals surface area contributed by atoms with E-state index in [-0.39, 0.29) is 12.2 Å². The van der Waals surface area contributed by atoms with E-state index in [1.165, 1.54) is 0 Å². The van der Waals surface area contributed by atoms with Gasteiger partial charge in [0.05, 0.1) is 18.8 Å². The van der Waals surface area contributed by atoms with Crippen molar-refractivity contribution in [2.45, 2.75) is 44.1 Å². The van der Waals surface area contributed by atoms with Crippen LogP contribution in [0.15, 0.2) is 12.1 Å². The third kappa shape index (κ3) is 4.17. The lowest BCUT2D eigenvalue weighted by Gasteiger charge is -2.39. The number of benzene rings is 1. The Kier molecular flexibility index (Phi) is 6.62. The Balaban J connectivity index is 2.25. The van der Waals surface area contributed by atoms with Gasteiger partial charge in [0.2, 0.25) is 12.0 Å². The van der Waals surface area contributed by atoms with Gasteiger partial charge in [-0.3, -0.25) is 0 Å². The summed E-state index contributed by atoms with van der Waals surface area (Å²) in [5.41, 5.74) is -0.117. The van der Waals surface area contributed by atoms with Gasteiger partial charge < -0.3 is 44.8 Å². The van der Waals surface area contributed by atoms with Gasteiger partial charge in [0.15, 0.2) is 11.5 Å². The Morgan fingerprint density at radius 1 is 1.15 bits per heavy atom. The van der Waals surface area contributed by atoms with E-state index in [2.05, 4.69) is 0 Å². The summed E-state index contributed by atoms with van der Waals surface area (Å²) in [6, 6.07) is 2.04. The van der Waals surface area contributed by atoms with Gasteiger partial charge in [0, 0.05) is 0 Å². The van der Waals surface area contributed by atoms with Crippen molar-refractivity contribution in [2.24, 2.45) is 0 Å². The molecular formula is C16H22O10. The number of aliphatic hydroxyl groups excluding tert-OH is 4. The summed E-state index contributed by atoms with van der Waals surface area (Å²) in [6.45, 7) is 1.30. The quantitative estimate of drug-likeness (QED) is 0.264. The summed E-state index contributed by atoms with van der Waals surface area (Å²) >= 11 is 0. The number of carbonyl (C=O) groups excluding carboxylic acids is 1. The lowest BCUT2D eigenvalue weighted by Crippen LogP contribution is -2.60. The highest BCUT2D eigenvalue weighted by Gasteiger charge is 2.45. The predicted molar refractivity (Wildman–Crippen MR) is 84.7 cm³/mol. The van der Waals surface area contributed by atoms with Crippen molar-refractivity contribution in [3.8, 4) is 17.2 Å². The normalized spacial score (nSPS) is 28.6. The summed E-state index contributed by atoms with van der Waals surface area (Å²) in [6.07, 6.45) is -7.19. The summed E-state index contributed by atoms with van der Waals surface area (Å²) in [5.74, 6) is -2.58. The molecule has 10 nitrogen and oxygen atoms in total. The first-order valence-electron chi connectivity index (χ1n) is 8.00. The van der Waals surface area contributed by atoms with Gasteiger partial charge in [0.1, 0.15) is 24.4 Å². The van der Waals surface area contributed by atoms with Gasteiger partial charge in [-0.25, -0.2) is 4.79 Å². The molecule has 0 bridgehead atoms. The SMILES string of the molecule is CCCOC(=O)c1cc(O)c(O)c(O[C@H]2O[C@H](CO)[C@@H](O)[C@H](O)[C@H]2O)c1. The number of hydrogen-bond donors (Lipinski definition) is 6. The van der Waals surface area contributed by atoms with E-state index in [1.54, 1.807) is 6.92 Å². The molecule has 0 amide bonds. The Bertz CT molecular complexity index is 632. The highest BCUT2D eigenvalue weighted by Crippen LogP contribution is 2.38. The molecule has 5 atom stereocenters. The van der Waals surface area contributed by atoms with E-state index in [9.17, 15) is 30.3 Å². The average Bonchev–Trinajstić information content (AvgIpc) is 2.63.